The van der Waals surface area contributed by atoms with E-state index in [1.165, 1.54) is 10.8 Å². The van der Waals surface area contributed by atoms with Crippen molar-refractivity contribution in [2.75, 3.05) is 4.90 Å². The Labute approximate surface area is 180 Å². The Morgan fingerprint density at radius 2 is 0.968 bits per heavy atom. The standard InChI is InChI=1S/C26H20BNO3/c29-27(30)31-26-15-13-23(14-16-26)28(24-11-9-19-5-1-3-7-21(19)17-24)25-12-10-20-6-2-4-8-22(20)18-25/h1-18,29-30H. The Hall–Kier alpha value is -3.80. The van der Waals surface area contributed by atoms with Crippen LogP contribution in [0.4, 0.5) is 17.1 Å². The van der Waals surface area contributed by atoms with Crippen LogP contribution in [0, 0.1) is 0 Å². The Morgan fingerprint density at radius 1 is 0.516 bits per heavy atom. The van der Waals surface area contributed by atoms with E-state index in [9.17, 15) is 0 Å². The molecular weight excluding hydrogens is 385 g/mol. The minimum Gasteiger partial charge on any atom is -0.512 e. The molecule has 0 aromatic heterocycles. The van der Waals surface area contributed by atoms with Crippen LogP contribution in [-0.4, -0.2) is 17.4 Å². The van der Waals surface area contributed by atoms with Crippen LogP contribution in [-0.2, 0) is 0 Å². The molecule has 4 nitrogen and oxygen atoms in total. The highest BCUT2D eigenvalue weighted by atomic mass is 16.6. The smallest absolute Gasteiger partial charge is 0.512 e. The van der Waals surface area contributed by atoms with Gasteiger partial charge in [0.1, 0.15) is 5.75 Å². The molecule has 0 saturated carbocycles. The second-order valence-corrected chi connectivity index (χ2v) is 7.34. The highest BCUT2D eigenvalue weighted by Gasteiger charge is 2.15. The largest absolute Gasteiger partial charge is 0.707 e. The summed E-state index contributed by atoms with van der Waals surface area (Å²) < 4.78 is 4.97. The molecule has 0 spiro atoms. The third-order valence-electron chi connectivity index (χ3n) is 5.32. The number of fused-ring (bicyclic) bond motifs is 2. The number of nitrogens with zero attached hydrogens (tertiary/aromatic N) is 1. The maximum atomic E-state index is 9.06. The molecule has 0 aliphatic carbocycles. The summed E-state index contributed by atoms with van der Waals surface area (Å²) in [6.45, 7) is 0. The maximum absolute atomic E-state index is 9.06. The van der Waals surface area contributed by atoms with E-state index in [1.54, 1.807) is 12.1 Å². The summed E-state index contributed by atoms with van der Waals surface area (Å²) in [6.07, 6.45) is 0. The summed E-state index contributed by atoms with van der Waals surface area (Å²) >= 11 is 0. The SMILES string of the molecule is OB(O)Oc1ccc(N(c2ccc3ccccc3c2)c2ccc3ccccc3c2)cc1. The van der Waals surface area contributed by atoms with Crippen LogP contribution in [0.25, 0.3) is 21.5 Å². The van der Waals surface area contributed by atoms with Crippen LogP contribution in [0.1, 0.15) is 0 Å². The van der Waals surface area contributed by atoms with Gasteiger partial charge >= 0.3 is 7.32 Å². The first-order valence-corrected chi connectivity index (χ1v) is 10.1. The van der Waals surface area contributed by atoms with Gasteiger partial charge in [-0.15, -0.1) is 0 Å². The Kier molecular flexibility index (Phi) is 5.04. The van der Waals surface area contributed by atoms with E-state index in [-0.39, 0.29) is 0 Å². The van der Waals surface area contributed by atoms with Gasteiger partial charge in [0.05, 0.1) is 0 Å². The summed E-state index contributed by atoms with van der Waals surface area (Å²) in [6, 6.07) is 36.7. The van der Waals surface area contributed by atoms with Crippen LogP contribution >= 0.6 is 0 Å². The van der Waals surface area contributed by atoms with Gasteiger partial charge in [-0.3, -0.25) is 0 Å². The fourth-order valence-corrected chi connectivity index (χ4v) is 3.87. The van der Waals surface area contributed by atoms with Crippen molar-refractivity contribution in [3.05, 3.63) is 109 Å². The topological polar surface area (TPSA) is 52.9 Å². The number of anilines is 3. The lowest BCUT2D eigenvalue weighted by molar-refractivity contribution is 0.288. The summed E-state index contributed by atoms with van der Waals surface area (Å²) in [7, 11) is -1.84. The second kappa shape index (κ2) is 8.15. The third-order valence-corrected chi connectivity index (χ3v) is 5.32. The summed E-state index contributed by atoms with van der Waals surface area (Å²) in [5, 5.41) is 22.8. The monoisotopic (exact) mass is 405 g/mol. The molecule has 0 aliphatic rings. The molecule has 31 heavy (non-hydrogen) atoms. The number of hydrogen-bond acceptors (Lipinski definition) is 4. The van der Waals surface area contributed by atoms with Crippen LogP contribution in [0.2, 0.25) is 0 Å². The van der Waals surface area contributed by atoms with Crippen molar-refractivity contribution in [1.82, 2.24) is 0 Å². The highest BCUT2D eigenvalue weighted by molar-refractivity contribution is 6.33. The fraction of sp³-hybridized carbons (Fsp3) is 0. The summed E-state index contributed by atoms with van der Waals surface area (Å²) in [4.78, 5) is 2.18. The molecule has 0 amide bonds. The molecule has 0 radical (unpaired) electrons. The Bertz CT molecular complexity index is 1270. The van der Waals surface area contributed by atoms with Gasteiger partial charge in [0.25, 0.3) is 0 Å². The predicted octanol–water partition coefficient (Wildman–Crippen LogP) is 5.81. The van der Waals surface area contributed by atoms with Crippen LogP contribution in [0.5, 0.6) is 5.75 Å². The molecule has 5 rings (SSSR count). The molecule has 2 N–H and O–H groups in total. The van der Waals surface area contributed by atoms with Crippen molar-refractivity contribution in [1.29, 1.82) is 0 Å². The molecule has 5 heteroatoms. The van der Waals surface area contributed by atoms with E-state index >= 15 is 0 Å². The molecule has 5 aromatic rings. The average molecular weight is 405 g/mol. The van der Waals surface area contributed by atoms with Gasteiger partial charge in [-0.25, -0.2) is 0 Å². The second-order valence-electron chi connectivity index (χ2n) is 7.34. The van der Waals surface area contributed by atoms with Gasteiger partial charge in [-0.2, -0.15) is 0 Å². The molecule has 0 bridgehead atoms. The van der Waals surface area contributed by atoms with Gasteiger partial charge in [-0.1, -0.05) is 60.7 Å². The van der Waals surface area contributed by atoms with E-state index in [4.69, 9.17) is 14.7 Å². The lowest BCUT2D eigenvalue weighted by Crippen LogP contribution is -2.20. The molecule has 0 unspecified atom stereocenters. The maximum Gasteiger partial charge on any atom is 0.707 e. The molecule has 0 heterocycles. The van der Waals surface area contributed by atoms with Gasteiger partial charge < -0.3 is 19.6 Å². The first kappa shape index (κ1) is 19.2. The Balaban J connectivity index is 1.65. The van der Waals surface area contributed by atoms with Gasteiger partial charge in [0.2, 0.25) is 0 Å². The van der Waals surface area contributed by atoms with Gasteiger partial charge in [-0.05, 0) is 70.1 Å². The van der Waals surface area contributed by atoms with Crippen LogP contribution in [0.3, 0.4) is 0 Å². The normalized spacial score (nSPS) is 10.9. The van der Waals surface area contributed by atoms with Crippen molar-refractivity contribution < 1.29 is 14.7 Å². The number of benzene rings is 5. The van der Waals surface area contributed by atoms with Gasteiger partial charge in [0, 0.05) is 17.1 Å². The minimum absolute atomic E-state index is 0.385. The van der Waals surface area contributed by atoms with E-state index in [2.05, 4.69) is 65.6 Å². The Morgan fingerprint density at radius 3 is 1.45 bits per heavy atom. The molecule has 0 aliphatic heterocycles. The zero-order valence-electron chi connectivity index (χ0n) is 16.7. The lowest BCUT2D eigenvalue weighted by atomic mass is 10.1. The van der Waals surface area contributed by atoms with E-state index in [1.807, 2.05) is 36.4 Å². The van der Waals surface area contributed by atoms with Crippen molar-refractivity contribution >= 4 is 45.9 Å². The molecule has 0 fully saturated rings. The molecular formula is C26H20BNO3. The molecule has 5 aromatic carbocycles. The quantitative estimate of drug-likeness (QED) is 0.362. The number of rotatable bonds is 5. The molecule has 150 valence electrons. The zero-order chi connectivity index (χ0) is 21.2. The van der Waals surface area contributed by atoms with E-state index in [0.717, 1.165) is 27.8 Å². The lowest BCUT2D eigenvalue weighted by Gasteiger charge is -2.26. The van der Waals surface area contributed by atoms with Crippen LogP contribution in [0.15, 0.2) is 109 Å². The first-order valence-electron chi connectivity index (χ1n) is 10.1. The average Bonchev–Trinajstić information content (AvgIpc) is 2.80. The van der Waals surface area contributed by atoms with Crippen molar-refractivity contribution in [2.24, 2.45) is 0 Å². The van der Waals surface area contributed by atoms with Crippen molar-refractivity contribution in [3.63, 3.8) is 0 Å². The van der Waals surface area contributed by atoms with Crippen molar-refractivity contribution in [2.45, 2.75) is 0 Å². The predicted molar refractivity (Wildman–Crippen MR) is 127 cm³/mol. The minimum atomic E-state index is -1.84. The van der Waals surface area contributed by atoms with Crippen LogP contribution < -0.4 is 9.55 Å². The van der Waals surface area contributed by atoms with E-state index in [0.29, 0.717) is 5.75 Å². The highest BCUT2D eigenvalue weighted by Crippen LogP contribution is 2.37. The molecule has 0 atom stereocenters. The van der Waals surface area contributed by atoms with Gasteiger partial charge in [0.15, 0.2) is 0 Å². The third kappa shape index (κ3) is 3.97. The van der Waals surface area contributed by atoms with E-state index < -0.39 is 7.32 Å². The fourth-order valence-electron chi connectivity index (χ4n) is 3.87. The molecule has 0 saturated heterocycles. The first-order chi connectivity index (χ1) is 15.2. The summed E-state index contributed by atoms with van der Waals surface area (Å²) in [5.41, 5.74) is 3.00. The van der Waals surface area contributed by atoms with Crippen molar-refractivity contribution in [3.8, 4) is 5.75 Å². The number of hydrogen-bond donors (Lipinski definition) is 2. The summed E-state index contributed by atoms with van der Waals surface area (Å²) in [5.74, 6) is 0.385. The zero-order valence-corrected chi connectivity index (χ0v) is 16.7.